The van der Waals surface area contributed by atoms with Gasteiger partial charge in [-0.05, 0) is 55.3 Å². The van der Waals surface area contributed by atoms with Crippen molar-refractivity contribution in [1.82, 2.24) is 0 Å². The first-order chi connectivity index (χ1) is 8.60. The molecule has 0 bridgehead atoms. The average molecular weight is 257 g/mol. The van der Waals surface area contributed by atoms with Gasteiger partial charge >= 0.3 is 0 Å². The summed E-state index contributed by atoms with van der Waals surface area (Å²) in [6.07, 6.45) is 0. The Morgan fingerprint density at radius 3 is 2.28 bits per heavy atom. The third-order valence-corrected chi connectivity index (χ3v) is 3.21. The van der Waals surface area contributed by atoms with Crippen molar-refractivity contribution in [3.8, 4) is 6.07 Å². The van der Waals surface area contributed by atoms with Crippen LogP contribution in [0.3, 0.4) is 0 Å². The monoisotopic (exact) mass is 256 g/mol. The minimum Gasteiger partial charge on any atom is -0.355 e. The van der Waals surface area contributed by atoms with Crippen molar-refractivity contribution in [3.63, 3.8) is 0 Å². The van der Waals surface area contributed by atoms with Gasteiger partial charge in [-0.15, -0.1) is 0 Å². The third-order valence-electron chi connectivity index (χ3n) is 2.81. The van der Waals surface area contributed by atoms with E-state index in [0.717, 1.165) is 27.5 Å². The summed E-state index contributed by atoms with van der Waals surface area (Å²) in [4.78, 5) is 0. The Labute approximate surface area is 112 Å². The number of aryl methyl sites for hydroxylation is 2. The van der Waals surface area contributed by atoms with Gasteiger partial charge in [-0.2, -0.15) is 5.26 Å². The molecule has 0 aromatic heterocycles. The molecule has 0 aliphatic carbocycles. The van der Waals surface area contributed by atoms with Crippen LogP contribution in [-0.2, 0) is 0 Å². The Bertz CT molecular complexity index is 627. The molecular formula is C15H13ClN2. The zero-order valence-electron chi connectivity index (χ0n) is 10.3. The normalized spacial score (nSPS) is 9.89. The van der Waals surface area contributed by atoms with Gasteiger partial charge in [0.1, 0.15) is 0 Å². The van der Waals surface area contributed by atoms with Crippen LogP contribution in [0, 0.1) is 25.2 Å². The standard InChI is InChI=1S/C15H13ClN2/c1-10-3-5-14(8-15(10)16)18-13-6-4-12(9-17)11(2)7-13/h3-8,18H,1-2H3. The van der Waals surface area contributed by atoms with Crippen molar-refractivity contribution in [2.24, 2.45) is 0 Å². The number of rotatable bonds is 2. The van der Waals surface area contributed by atoms with E-state index in [1.807, 2.05) is 50.2 Å². The topological polar surface area (TPSA) is 35.8 Å². The molecule has 0 saturated heterocycles. The predicted molar refractivity (Wildman–Crippen MR) is 75.4 cm³/mol. The van der Waals surface area contributed by atoms with Crippen LogP contribution in [0.25, 0.3) is 0 Å². The number of benzene rings is 2. The molecule has 0 fully saturated rings. The molecule has 0 amide bonds. The van der Waals surface area contributed by atoms with Crippen molar-refractivity contribution >= 4 is 23.0 Å². The van der Waals surface area contributed by atoms with Gasteiger partial charge in [-0.1, -0.05) is 17.7 Å². The first-order valence-electron chi connectivity index (χ1n) is 5.64. The summed E-state index contributed by atoms with van der Waals surface area (Å²) in [6, 6.07) is 13.7. The van der Waals surface area contributed by atoms with Crippen molar-refractivity contribution in [1.29, 1.82) is 5.26 Å². The number of hydrogen-bond donors (Lipinski definition) is 1. The van der Waals surface area contributed by atoms with E-state index in [1.165, 1.54) is 0 Å². The molecule has 2 rings (SSSR count). The fraction of sp³-hybridized carbons (Fsp3) is 0.133. The van der Waals surface area contributed by atoms with Crippen LogP contribution in [-0.4, -0.2) is 0 Å². The zero-order chi connectivity index (χ0) is 13.1. The van der Waals surface area contributed by atoms with E-state index < -0.39 is 0 Å². The van der Waals surface area contributed by atoms with Crippen molar-refractivity contribution in [2.75, 3.05) is 5.32 Å². The maximum atomic E-state index is 8.88. The molecule has 2 aromatic carbocycles. The molecule has 0 unspecified atom stereocenters. The highest BCUT2D eigenvalue weighted by Crippen LogP contribution is 2.24. The highest BCUT2D eigenvalue weighted by Gasteiger charge is 2.01. The molecule has 0 spiro atoms. The van der Waals surface area contributed by atoms with Crippen LogP contribution in [0.1, 0.15) is 16.7 Å². The quantitative estimate of drug-likeness (QED) is 0.854. The summed E-state index contributed by atoms with van der Waals surface area (Å²) < 4.78 is 0. The second-order valence-corrected chi connectivity index (χ2v) is 4.64. The van der Waals surface area contributed by atoms with E-state index in [4.69, 9.17) is 16.9 Å². The number of nitriles is 1. The SMILES string of the molecule is Cc1ccc(Nc2ccc(C#N)c(C)c2)cc1Cl. The number of nitrogens with one attached hydrogen (secondary N) is 1. The Morgan fingerprint density at radius 2 is 1.67 bits per heavy atom. The fourth-order valence-electron chi connectivity index (χ4n) is 1.70. The first-order valence-corrected chi connectivity index (χ1v) is 6.02. The number of nitrogens with zero attached hydrogens (tertiary/aromatic N) is 1. The van der Waals surface area contributed by atoms with Crippen LogP contribution in [0.5, 0.6) is 0 Å². The van der Waals surface area contributed by atoms with Gasteiger partial charge in [0, 0.05) is 16.4 Å². The highest BCUT2D eigenvalue weighted by atomic mass is 35.5. The van der Waals surface area contributed by atoms with Gasteiger partial charge in [0.2, 0.25) is 0 Å². The molecule has 2 nitrogen and oxygen atoms in total. The van der Waals surface area contributed by atoms with E-state index in [2.05, 4.69) is 11.4 Å². The lowest BCUT2D eigenvalue weighted by atomic mass is 10.1. The van der Waals surface area contributed by atoms with Gasteiger partial charge in [0.15, 0.2) is 0 Å². The second kappa shape index (κ2) is 5.12. The number of anilines is 2. The van der Waals surface area contributed by atoms with Crippen molar-refractivity contribution in [3.05, 3.63) is 58.1 Å². The minimum atomic E-state index is 0.697. The fourth-order valence-corrected chi connectivity index (χ4v) is 1.88. The maximum absolute atomic E-state index is 8.88. The Kier molecular flexibility index (Phi) is 3.55. The third kappa shape index (κ3) is 2.64. The van der Waals surface area contributed by atoms with Crippen molar-refractivity contribution in [2.45, 2.75) is 13.8 Å². The van der Waals surface area contributed by atoms with Crippen LogP contribution >= 0.6 is 11.6 Å². The summed E-state index contributed by atoms with van der Waals surface area (Å²) in [5.74, 6) is 0. The summed E-state index contributed by atoms with van der Waals surface area (Å²) in [7, 11) is 0. The molecule has 2 aromatic rings. The molecular weight excluding hydrogens is 244 g/mol. The molecule has 90 valence electrons. The lowest BCUT2D eigenvalue weighted by molar-refractivity contribution is 1.38. The molecule has 1 N–H and O–H groups in total. The minimum absolute atomic E-state index is 0.697. The van der Waals surface area contributed by atoms with E-state index >= 15 is 0 Å². The van der Waals surface area contributed by atoms with E-state index in [0.29, 0.717) is 5.56 Å². The second-order valence-electron chi connectivity index (χ2n) is 4.23. The van der Waals surface area contributed by atoms with Gasteiger partial charge in [-0.3, -0.25) is 0 Å². The largest absolute Gasteiger partial charge is 0.355 e. The van der Waals surface area contributed by atoms with E-state index in [-0.39, 0.29) is 0 Å². The molecule has 0 saturated carbocycles. The Balaban J connectivity index is 2.26. The smallest absolute Gasteiger partial charge is 0.0994 e. The lowest BCUT2D eigenvalue weighted by Crippen LogP contribution is -1.92. The van der Waals surface area contributed by atoms with Gasteiger partial charge in [0.25, 0.3) is 0 Å². The molecule has 0 aliphatic rings. The molecule has 3 heteroatoms. The number of hydrogen-bond acceptors (Lipinski definition) is 2. The first kappa shape index (κ1) is 12.5. The summed E-state index contributed by atoms with van der Waals surface area (Å²) >= 11 is 6.08. The van der Waals surface area contributed by atoms with Crippen LogP contribution in [0.4, 0.5) is 11.4 Å². The van der Waals surface area contributed by atoms with Gasteiger partial charge in [0.05, 0.1) is 11.6 Å². The summed E-state index contributed by atoms with van der Waals surface area (Å²) in [5, 5.41) is 12.9. The molecule has 0 aliphatic heterocycles. The zero-order valence-corrected chi connectivity index (χ0v) is 11.0. The van der Waals surface area contributed by atoms with Crippen LogP contribution in [0.2, 0.25) is 5.02 Å². The molecule has 0 radical (unpaired) electrons. The molecule has 0 atom stereocenters. The lowest BCUT2D eigenvalue weighted by Gasteiger charge is -2.09. The molecule has 0 heterocycles. The maximum Gasteiger partial charge on any atom is 0.0994 e. The predicted octanol–water partition coefficient (Wildman–Crippen LogP) is 4.57. The van der Waals surface area contributed by atoms with Crippen molar-refractivity contribution < 1.29 is 0 Å². The van der Waals surface area contributed by atoms with Crippen LogP contribution in [0.15, 0.2) is 36.4 Å². The number of halogens is 1. The average Bonchev–Trinajstić information content (AvgIpc) is 2.34. The van der Waals surface area contributed by atoms with Gasteiger partial charge < -0.3 is 5.32 Å². The Hall–Kier alpha value is -1.98. The Morgan fingerprint density at radius 1 is 1.00 bits per heavy atom. The molecule has 18 heavy (non-hydrogen) atoms. The summed E-state index contributed by atoms with van der Waals surface area (Å²) in [6.45, 7) is 3.89. The highest BCUT2D eigenvalue weighted by molar-refractivity contribution is 6.31. The van der Waals surface area contributed by atoms with E-state index in [9.17, 15) is 0 Å². The van der Waals surface area contributed by atoms with E-state index in [1.54, 1.807) is 0 Å². The summed E-state index contributed by atoms with van der Waals surface area (Å²) in [5.41, 5.74) is 4.60. The van der Waals surface area contributed by atoms with Crippen LogP contribution < -0.4 is 5.32 Å². The van der Waals surface area contributed by atoms with Gasteiger partial charge in [-0.25, -0.2) is 0 Å².